The maximum Gasteiger partial charge on any atom is 0.139 e. The molecule has 0 radical (unpaired) electrons. The Morgan fingerprint density at radius 2 is 1.92 bits per heavy atom. The smallest absolute Gasteiger partial charge is 0.139 e. The van der Waals surface area contributed by atoms with Crippen molar-refractivity contribution in [2.24, 2.45) is 29.1 Å². The normalized spacial score (nSPS) is 50.2. The van der Waals surface area contributed by atoms with Gasteiger partial charge in [-0.3, -0.25) is 4.79 Å². The first-order valence-corrected chi connectivity index (χ1v) is 5.00. The van der Waals surface area contributed by atoms with Crippen molar-refractivity contribution < 1.29 is 4.79 Å². The fourth-order valence-corrected chi connectivity index (χ4v) is 3.26. The molecule has 0 spiro atoms. The van der Waals surface area contributed by atoms with Crippen molar-refractivity contribution in [3.63, 3.8) is 0 Å². The highest BCUT2D eigenvalue weighted by Gasteiger charge is 2.59. The maximum absolute atomic E-state index is 11.8. The lowest BCUT2D eigenvalue weighted by molar-refractivity contribution is -0.166. The van der Waals surface area contributed by atoms with Gasteiger partial charge in [-0.25, -0.2) is 0 Å². The van der Waals surface area contributed by atoms with Crippen LogP contribution in [0, 0.1) is 29.1 Å². The van der Waals surface area contributed by atoms with Crippen molar-refractivity contribution in [1.82, 2.24) is 0 Å². The van der Waals surface area contributed by atoms with E-state index in [0.29, 0.717) is 29.0 Å². The van der Waals surface area contributed by atoms with Crippen LogP contribution in [0.2, 0.25) is 0 Å². The van der Waals surface area contributed by atoms with Gasteiger partial charge in [-0.05, 0) is 23.7 Å². The van der Waals surface area contributed by atoms with E-state index in [1.54, 1.807) is 0 Å². The van der Waals surface area contributed by atoms with Crippen molar-refractivity contribution in [3.05, 3.63) is 0 Å². The zero-order valence-corrected chi connectivity index (χ0v) is 8.42. The number of carbonyl (C=O) groups excluding carboxylic acids is 1. The SMILES string of the molecule is C[C@H]1[C@H](C)C(=O)[C@@H]2C[C@H]1C2(C)C. The topological polar surface area (TPSA) is 17.1 Å². The molecular formula is C11H18O. The van der Waals surface area contributed by atoms with Crippen LogP contribution in [0.1, 0.15) is 34.1 Å². The van der Waals surface area contributed by atoms with Crippen LogP contribution in [0.5, 0.6) is 0 Å². The number of ketones is 1. The number of rotatable bonds is 0. The molecule has 0 unspecified atom stereocenters. The highest BCUT2D eigenvalue weighted by Crippen LogP contribution is 2.61. The highest BCUT2D eigenvalue weighted by atomic mass is 16.1. The third kappa shape index (κ3) is 0.725. The van der Waals surface area contributed by atoms with E-state index in [1.807, 2.05) is 0 Å². The van der Waals surface area contributed by atoms with Gasteiger partial charge in [0.15, 0.2) is 0 Å². The van der Waals surface area contributed by atoms with E-state index in [4.69, 9.17) is 0 Å². The molecule has 0 aliphatic heterocycles. The van der Waals surface area contributed by atoms with Gasteiger partial charge in [0.2, 0.25) is 0 Å². The summed E-state index contributed by atoms with van der Waals surface area (Å²) in [5.74, 6) is 2.64. The number of Topliss-reactive ketones (excluding diaryl/α,β-unsaturated/α-hetero) is 1. The fourth-order valence-electron chi connectivity index (χ4n) is 3.26. The minimum absolute atomic E-state index is 0.309. The van der Waals surface area contributed by atoms with Crippen molar-refractivity contribution in [2.75, 3.05) is 0 Å². The van der Waals surface area contributed by atoms with Crippen molar-refractivity contribution in [1.29, 1.82) is 0 Å². The molecule has 12 heavy (non-hydrogen) atoms. The zero-order chi connectivity index (χ0) is 9.09. The summed E-state index contributed by atoms with van der Waals surface area (Å²) in [6.07, 6.45) is 1.16. The standard InChI is InChI=1S/C11H18O/c1-6-7(2)10(12)9-5-8(6)11(9,3)4/h6-9H,5H2,1-4H3/t6-,7-,8+,9-/m0/s1. The third-order valence-electron chi connectivity index (χ3n) is 4.56. The summed E-state index contributed by atoms with van der Waals surface area (Å²) in [4.78, 5) is 11.8. The van der Waals surface area contributed by atoms with E-state index in [9.17, 15) is 4.79 Å². The molecule has 0 aromatic rings. The molecule has 0 aromatic carbocycles. The predicted octanol–water partition coefficient (Wildman–Crippen LogP) is 2.50. The molecule has 3 saturated carbocycles. The van der Waals surface area contributed by atoms with E-state index in [-0.39, 0.29) is 0 Å². The second-order valence-electron chi connectivity index (χ2n) is 5.27. The lowest BCUT2D eigenvalue weighted by Gasteiger charge is -2.60. The van der Waals surface area contributed by atoms with Gasteiger partial charge in [0.05, 0.1) is 0 Å². The lowest BCUT2D eigenvalue weighted by Crippen LogP contribution is -2.59. The number of fused-ring (bicyclic) bond motifs is 2. The minimum atomic E-state index is 0.309. The molecule has 68 valence electrons. The zero-order valence-electron chi connectivity index (χ0n) is 8.42. The van der Waals surface area contributed by atoms with E-state index >= 15 is 0 Å². The molecule has 0 aromatic heterocycles. The average Bonchev–Trinajstić information content (AvgIpc) is 1.98. The Morgan fingerprint density at radius 1 is 1.33 bits per heavy atom. The van der Waals surface area contributed by atoms with E-state index in [0.717, 1.165) is 12.3 Å². The first-order chi connectivity index (χ1) is 5.46. The fraction of sp³-hybridized carbons (Fsp3) is 0.909. The summed E-state index contributed by atoms with van der Waals surface area (Å²) >= 11 is 0. The summed E-state index contributed by atoms with van der Waals surface area (Å²) in [6.45, 7) is 8.85. The van der Waals surface area contributed by atoms with Crippen LogP contribution in [0.25, 0.3) is 0 Å². The average molecular weight is 166 g/mol. The number of carbonyl (C=O) groups is 1. The Labute approximate surface area is 74.5 Å². The largest absolute Gasteiger partial charge is 0.299 e. The van der Waals surface area contributed by atoms with Crippen molar-refractivity contribution >= 4 is 5.78 Å². The Morgan fingerprint density at radius 3 is 2.33 bits per heavy atom. The van der Waals surface area contributed by atoms with Gasteiger partial charge in [0.25, 0.3) is 0 Å². The third-order valence-corrected chi connectivity index (χ3v) is 4.56. The minimum Gasteiger partial charge on any atom is -0.299 e. The van der Waals surface area contributed by atoms with E-state index in [2.05, 4.69) is 27.7 Å². The van der Waals surface area contributed by atoms with Crippen LogP contribution >= 0.6 is 0 Å². The summed E-state index contributed by atoms with van der Waals surface area (Å²) in [6, 6.07) is 0. The Bertz CT molecular complexity index is 229. The molecule has 3 fully saturated rings. The van der Waals surface area contributed by atoms with Gasteiger partial charge in [-0.15, -0.1) is 0 Å². The van der Waals surface area contributed by atoms with Gasteiger partial charge in [-0.2, -0.15) is 0 Å². The molecule has 0 heterocycles. The van der Waals surface area contributed by atoms with Gasteiger partial charge in [0, 0.05) is 11.8 Å². The number of hydrogen-bond donors (Lipinski definition) is 0. The molecule has 3 aliphatic rings. The summed E-state index contributed by atoms with van der Waals surface area (Å²) in [7, 11) is 0. The summed E-state index contributed by atoms with van der Waals surface area (Å²) < 4.78 is 0. The summed E-state index contributed by atoms with van der Waals surface area (Å²) in [5.41, 5.74) is 0.309. The lowest BCUT2D eigenvalue weighted by atomic mass is 9.43. The Balaban J connectivity index is 2.30. The molecule has 3 aliphatic carbocycles. The van der Waals surface area contributed by atoms with Gasteiger partial charge >= 0.3 is 0 Å². The molecule has 3 rings (SSSR count). The molecule has 0 N–H and O–H groups in total. The monoisotopic (exact) mass is 166 g/mol. The number of hydrogen-bond acceptors (Lipinski definition) is 1. The van der Waals surface area contributed by atoms with Crippen LogP contribution in [0.4, 0.5) is 0 Å². The van der Waals surface area contributed by atoms with Crippen LogP contribution < -0.4 is 0 Å². The van der Waals surface area contributed by atoms with E-state index < -0.39 is 0 Å². The quantitative estimate of drug-likeness (QED) is 0.540. The first-order valence-electron chi connectivity index (χ1n) is 5.00. The highest BCUT2D eigenvalue weighted by molar-refractivity contribution is 5.86. The Hall–Kier alpha value is -0.330. The molecule has 0 amide bonds. The molecule has 2 bridgehead atoms. The maximum atomic E-state index is 11.8. The molecule has 1 nitrogen and oxygen atoms in total. The Kier molecular flexibility index (Phi) is 1.47. The van der Waals surface area contributed by atoms with Crippen LogP contribution in [0.15, 0.2) is 0 Å². The molecule has 1 heteroatoms. The van der Waals surface area contributed by atoms with Crippen LogP contribution in [-0.2, 0) is 4.79 Å². The van der Waals surface area contributed by atoms with Crippen LogP contribution in [0.3, 0.4) is 0 Å². The van der Waals surface area contributed by atoms with E-state index in [1.165, 1.54) is 0 Å². The second kappa shape index (κ2) is 2.12. The molecular weight excluding hydrogens is 148 g/mol. The van der Waals surface area contributed by atoms with Gasteiger partial charge in [0.1, 0.15) is 5.78 Å². The first kappa shape index (κ1) is 8.28. The van der Waals surface area contributed by atoms with Crippen molar-refractivity contribution in [3.8, 4) is 0 Å². The van der Waals surface area contributed by atoms with Gasteiger partial charge in [-0.1, -0.05) is 27.7 Å². The molecule has 4 atom stereocenters. The van der Waals surface area contributed by atoms with Crippen molar-refractivity contribution in [2.45, 2.75) is 34.1 Å². The van der Waals surface area contributed by atoms with Crippen LogP contribution in [-0.4, -0.2) is 5.78 Å². The second-order valence-corrected chi connectivity index (χ2v) is 5.27. The molecule has 0 saturated heterocycles. The summed E-state index contributed by atoms with van der Waals surface area (Å²) in [5, 5.41) is 0. The van der Waals surface area contributed by atoms with Gasteiger partial charge < -0.3 is 0 Å². The predicted molar refractivity (Wildman–Crippen MR) is 48.7 cm³/mol.